The first-order valence-corrected chi connectivity index (χ1v) is 15.4. The van der Waals surface area contributed by atoms with E-state index in [0.29, 0.717) is 0 Å². The first kappa shape index (κ1) is 26.2. The van der Waals surface area contributed by atoms with Gasteiger partial charge in [-0.3, -0.25) is 15.0 Å². The second-order valence-corrected chi connectivity index (χ2v) is 11.5. The van der Waals surface area contributed by atoms with E-state index >= 15 is 0 Å². The van der Waals surface area contributed by atoms with Crippen LogP contribution in [-0.4, -0.2) is 19.9 Å². The number of para-hydroxylation sites is 1. The largest absolute Gasteiger partial charge is 0.256 e. The molecule has 0 bridgehead atoms. The number of aromatic nitrogens is 4. The number of rotatable bonds is 4. The van der Waals surface area contributed by atoms with E-state index in [9.17, 15) is 0 Å². The second-order valence-electron chi connectivity index (χ2n) is 11.5. The van der Waals surface area contributed by atoms with Crippen molar-refractivity contribution in [3.63, 3.8) is 0 Å². The molecule has 4 nitrogen and oxygen atoms in total. The third kappa shape index (κ3) is 4.31. The highest BCUT2D eigenvalue weighted by molar-refractivity contribution is 6.32. The summed E-state index contributed by atoms with van der Waals surface area (Å²) in [7, 11) is 0. The molecule has 0 aliphatic heterocycles. The first-order chi connectivity index (χ1) is 22.8. The van der Waals surface area contributed by atoms with Gasteiger partial charge in [-0.15, -0.1) is 0 Å². The summed E-state index contributed by atoms with van der Waals surface area (Å²) in [4.78, 5) is 19.4. The molecule has 0 atom stereocenters. The van der Waals surface area contributed by atoms with E-state index in [2.05, 4.69) is 107 Å². The van der Waals surface area contributed by atoms with Crippen LogP contribution in [0, 0.1) is 0 Å². The molecule has 0 amide bonds. The number of benzene rings is 5. The lowest BCUT2D eigenvalue weighted by atomic mass is 9.91. The summed E-state index contributed by atoms with van der Waals surface area (Å²) in [5.41, 5.74) is 10.2. The Balaban J connectivity index is 1.26. The molecule has 4 aromatic heterocycles. The quantitative estimate of drug-likeness (QED) is 0.193. The Kier molecular flexibility index (Phi) is 6.10. The predicted octanol–water partition coefficient (Wildman–Crippen LogP) is 10.5. The van der Waals surface area contributed by atoms with Crippen LogP contribution in [0.25, 0.3) is 88.2 Å². The van der Waals surface area contributed by atoms with E-state index in [4.69, 9.17) is 9.97 Å². The standard InChI is InChI=1S/C42H26N4/c1-2-11-33-32(10-1)39-34-12-3-4-16-38(34)46-41(40(39)35-13-9-23-45-42(33)35)28-19-17-27(18-20-28)29-24-30(36-14-5-7-21-43-36)26-31(25-29)37-15-6-8-22-44-37/h1-26H. The normalized spacial score (nSPS) is 11.5. The first-order valence-electron chi connectivity index (χ1n) is 15.4. The molecule has 214 valence electrons. The van der Waals surface area contributed by atoms with Gasteiger partial charge in [0.1, 0.15) is 0 Å². The molecule has 9 aromatic rings. The number of pyridine rings is 4. The van der Waals surface area contributed by atoms with Crippen molar-refractivity contribution >= 4 is 43.4 Å². The molecule has 5 aromatic carbocycles. The highest BCUT2D eigenvalue weighted by atomic mass is 14.7. The second kappa shape index (κ2) is 10.7. The van der Waals surface area contributed by atoms with Crippen LogP contribution in [-0.2, 0) is 0 Å². The van der Waals surface area contributed by atoms with Gasteiger partial charge in [-0.05, 0) is 71.1 Å². The third-order valence-corrected chi connectivity index (χ3v) is 8.77. The summed E-state index contributed by atoms with van der Waals surface area (Å²) in [5, 5.41) is 6.93. The van der Waals surface area contributed by atoms with Gasteiger partial charge >= 0.3 is 0 Å². The van der Waals surface area contributed by atoms with Crippen molar-refractivity contribution < 1.29 is 0 Å². The van der Waals surface area contributed by atoms with Gasteiger partial charge in [0.05, 0.1) is 28.1 Å². The molecule has 0 N–H and O–H groups in total. The fourth-order valence-corrected chi connectivity index (χ4v) is 6.67. The fraction of sp³-hybridized carbons (Fsp3) is 0. The van der Waals surface area contributed by atoms with Crippen LogP contribution < -0.4 is 0 Å². The summed E-state index contributed by atoms with van der Waals surface area (Å²) in [5.74, 6) is 0. The van der Waals surface area contributed by atoms with E-state index < -0.39 is 0 Å². The number of fused-ring (bicyclic) bond motifs is 8. The monoisotopic (exact) mass is 586 g/mol. The summed E-state index contributed by atoms with van der Waals surface area (Å²) >= 11 is 0. The average molecular weight is 587 g/mol. The molecule has 0 saturated heterocycles. The topological polar surface area (TPSA) is 51.6 Å². The molecule has 46 heavy (non-hydrogen) atoms. The minimum absolute atomic E-state index is 0.928. The lowest BCUT2D eigenvalue weighted by Gasteiger charge is -2.16. The van der Waals surface area contributed by atoms with E-state index in [-0.39, 0.29) is 0 Å². The van der Waals surface area contributed by atoms with Gasteiger partial charge in [0, 0.05) is 62.2 Å². The fourth-order valence-electron chi connectivity index (χ4n) is 6.67. The zero-order valence-corrected chi connectivity index (χ0v) is 24.8. The van der Waals surface area contributed by atoms with Crippen molar-refractivity contribution in [2.45, 2.75) is 0 Å². The van der Waals surface area contributed by atoms with Crippen molar-refractivity contribution in [3.8, 4) is 44.9 Å². The average Bonchev–Trinajstić information content (AvgIpc) is 3.15. The van der Waals surface area contributed by atoms with E-state index in [1.54, 1.807) is 0 Å². The maximum absolute atomic E-state index is 5.30. The summed E-state index contributed by atoms with van der Waals surface area (Å²) in [6.45, 7) is 0. The van der Waals surface area contributed by atoms with Crippen molar-refractivity contribution in [2.75, 3.05) is 0 Å². The lowest BCUT2D eigenvalue weighted by Crippen LogP contribution is -1.94. The SMILES string of the molecule is c1ccc(-c2cc(-c3ccc(-c4nc5ccccc5c5c6ccccc6c6ncccc6c45)cc3)cc(-c3ccccn3)c2)nc1. The number of hydrogen-bond acceptors (Lipinski definition) is 4. The highest BCUT2D eigenvalue weighted by Crippen LogP contribution is 2.42. The Morgan fingerprint density at radius 3 is 1.61 bits per heavy atom. The Morgan fingerprint density at radius 2 is 0.913 bits per heavy atom. The molecule has 0 fully saturated rings. The molecular weight excluding hydrogens is 560 g/mol. The van der Waals surface area contributed by atoms with Crippen molar-refractivity contribution in [2.24, 2.45) is 0 Å². The molecule has 4 heteroatoms. The summed E-state index contributed by atoms with van der Waals surface area (Å²) in [6.07, 6.45) is 5.54. The Morgan fingerprint density at radius 1 is 0.348 bits per heavy atom. The van der Waals surface area contributed by atoms with Crippen LogP contribution in [0.15, 0.2) is 158 Å². The molecule has 0 aliphatic rings. The minimum Gasteiger partial charge on any atom is -0.256 e. The molecule has 0 saturated carbocycles. The molecule has 0 aliphatic carbocycles. The molecular formula is C42H26N4. The van der Waals surface area contributed by atoms with Gasteiger partial charge in [-0.1, -0.05) is 84.9 Å². The van der Waals surface area contributed by atoms with Crippen LogP contribution in [0.3, 0.4) is 0 Å². The lowest BCUT2D eigenvalue weighted by molar-refractivity contribution is 1.31. The minimum atomic E-state index is 0.928. The zero-order chi connectivity index (χ0) is 30.5. The van der Waals surface area contributed by atoms with Crippen molar-refractivity contribution in [1.29, 1.82) is 0 Å². The molecule has 0 spiro atoms. The molecule has 0 radical (unpaired) electrons. The number of nitrogens with zero attached hydrogens (tertiary/aromatic N) is 4. The van der Waals surface area contributed by atoms with Gasteiger partial charge < -0.3 is 0 Å². The maximum Gasteiger partial charge on any atom is 0.0795 e. The van der Waals surface area contributed by atoms with E-state index in [1.165, 1.54) is 10.8 Å². The van der Waals surface area contributed by atoms with Gasteiger partial charge in [-0.25, -0.2) is 4.98 Å². The Labute approximate surface area is 265 Å². The van der Waals surface area contributed by atoms with Gasteiger partial charge in [0.25, 0.3) is 0 Å². The van der Waals surface area contributed by atoms with Crippen molar-refractivity contribution in [1.82, 2.24) is 19.9 Å². The Bertz CT molecular complexity index is 2500. The van der Waals surface area contributed by atoms with E-state index in [1.807, 2.05) is 61.1 Å². The van der Waals surface area contributed by atoms with E-state index in [0.717, 1.165) is 77.5 Å². The zero-order valence-electron chi connectivity index (χ0n) is 24.8. The summed E-state index contributed by atoms with van der Waals surface area (Å²) < 4.78 is 0. The molecule has 9 rings (SSSR count). The smallest absolute Gasteiger partial charge is 0.0795 e. The van der Waals surface area contributed by atoms with Crippen LogP contribution in [0.1, 0.15) is 0 Å². The highest BCUT2D eigenvalue weighted by Gasteiger charge is 2.18. The van der Waals surface area contributed by atoms with Crippen molar-refractivity contribution in [3.05, 3.63) is 158 Å². The summed E-state index contributed by atoms with van der Waals surface area (Å²) in [6, 6.07) is 48.6. The third-order valence-electron chi connectivity index (χ3n) is 8.77. The predicted molar refractivity (Wildman–Crippen MR) is 189 cm³/mol. The van der Waals surface area contributed by atoms with Crippen LogP contribution >= 0.6 is 0 Å². The van der Waals surface area contributed by atoms with Crippen LogP contribution in [0.5, 0.6) is 0 Å². The molecule has 0 unspecified atom stereocenters. The molecule has 4 heterocycles. The Hall–Kier alpha value is -6.26. The maximum atomic E-state index is 5.30. The van der Waals surface area contributed by atoms with Gasteiger partial charge in [0.2, 0.25) is 0 Å². The number of hydrogen-bond donors (Lipinski definition) is 0. The van der Waals surface area contributed by atoms with Gasteiger partial charge in [0.15, 0.2) is 0 Å². The van der Waals surface area contributed by atoms with Crippen LogP contribution in [0.2, 0.25) is 0 Å². The van der Waals surface area contributed by atoms with Gasteiger partial charge in [-0.2, -0.15) is 0 Å². The van der Waals surface area contributed by atoms with Crippen LogP contribution in [0.4, 0.5) is 0 Å².